The van der Waals surface area contributed by atoms with E-state index in [9.17, 15) is 4.79 Å². The van der Waals surface area contributed by atoms with Gasteiger partial charge in [0.2, 0.25) is 0 Å². The number of halogens is 1. The van der Waals surface area contributed by atoms with Crippen molar-refractivity contribution in [3.8, 4) is 5.75 Å². The number of carbonyl (C=O) groups excluding carboxylic acids is 1. The van der Waals surface area contributed by atoms with E-state index in [1.54, 1.807) is 0 Å². The van der Waals surface area contributed by atoms with Gasteiger partial charge in [-0.05, 0) is 73.0 Å². The zero-order valence-corrected chi connectivity index (χ0v) is 15.7. The van der Waals surface area contributed by atoms with Crippen LogP contribution in [-0.4, -0.2) is 19.1 Å². The minimum absolute atomic E-state index is 0.00695. The molecule has 0 saturated heterocycles. The fraction of sp³-hybridized carbons (Fsp3) is 0.316. The van der Waals surface area contributed by atoms with Gasteiger partial charge in [-0.15, -0.1) is 0 Å². The minimum atomic E-state index is -0.00695. The maximum atomic E-state index is 12.2. The highest BCUT2D eigenvalue weighted by atomic mass is 127. The lowest BCUT2D eigenvalue weighted by Gasteiger charge is -2.11. The first-order chi connectivity index (χ1) is 11.1. The van der Waals surface area contributed by atoms with Crippen molar-refractivity contribution in [1.82, 2.24) is 5.32 Å². The van der Waals surface area contributed by atoms with Crippen molar-refractivity contribution in [2.24, 2.45) is 0 Å². The lowest BCUT2D eigenvalue weighted by atomic mass is 10.1. The van der Waals surface area contributed by atoms with E-state index < -0.39 is 0 Å². The van der Waals surface area contributed by atoms with E-state index in [-0.39, 0.29) is 5.91 Å². The molecule has 0 spiro atoms. The standard InChI is InChI=1S/C19H22INO2/c1-3-23-18-9-5-4-7-15(18)8-6-12-21-19(22)16-11-10-14(2)13-17(16)20/h4-5,7,9-11,13H,3,6,8,12H2,1-2H3,(H,21,22). The average molecular weight is 423 g/mol. The van der Waals surface area contributed by atoms with Gasteiger partial charge in [0, 0.05) is 10.1 Å². The molecule has 0 heterocycles. The first kappa shape index (κ1) is 17.8. The quantitative estimate of drug-likeness (QED) is 0.531. The molecular weight excluding hydrogens is 401 g/mol. The van der Waals surface area contributed by atoms with Gasteiger partial charge in [0.05, 0.1) is 12.2 Å². The molecule has 2 aromatic rings. The number of aryl methyl sites for hydroxylation is 2. The van der Waals surface area contributed by atoms with Gasteiger partial charge in [-0.25, -0.2) is 0 Å². The third-order valence-corrected chi connectivity index (χ3v) is 4.44. The van der Waals surface area contributed by atoms with E-state index in [4.69, 9.17) is 4.74 Å². The zero-order valence-electron chi connectivity index (χ0n) is 13.6. The van der Waals surface area contributed by atoms with Crippen molar-refractivity contribution in [2.75, 3.05) is 13.2 Å². The molecule has 0 fully saturated rings. The van der Waals surface area contributed by atoms with Gasteiger partial charge in [-0.1, -0.05) is 29.8 Å². The summed E-state index contributed by atoms with van der Waals surface area (Å²) in [5.41, 5.74) is 3.10. The largest absolute Gasteiger partial charge is 0.494 e. The Hall–Kier alpha value is -1.56. The van der Waals surface area contributed by atoms with Gasteiger partial charge < -0.3 is 10.1 Å². The van der Waals surface area contributed by atoms with Crippen molar-refractivity contribution in [3.63, 3.8) is 0 Å². The predicted octanol–water partition coefficient (Wildman–Crippen LogP) is 4.36. The fourth-order valence-corrected chi connectivity index (χ4v) is 3.30. The summed E-state index contributed by atoms with van der Waals surface area (Å²) in [6.07, 6.45) is 1.78. The van der Waals surface area contributed by atoms with Crippen molar-refractivity contribution >= 4 is 28.5 Å². The Morgan fingerprint density at radius 1 is 1.22 bits per heavy atom. The van der Waals surface area contributed by atoms with Crippen LogP contribution in [0.2, 0.25) is 0 Å². The molecule has 4 heteroatoms. The van der Waals surface area contributed by atoms with Crippen LogP contribution in [0, 0.1) is 10.5 Å². The summed E-state index contributed by atoms with van der Waals surface area (Å²) in [5.74, 6) is 0.932. The molecule has 0 aliphatic heterocycles. The SMILES string of the molecule is CCOc1ccccc1CCCNC(=O)c1ccc(C)cc1I. The second-order valence-electron chi connectivity index (χ2n) is 5.38. The molecule has 0 unspecified atom stereocenters. The smallest absolute Gasteiger partial charge is 0.252 e. The number of rotatable bonds is 7. The second kappa shape index (κ2) is 8.91. The molecule has 0 saturated carbocycles. The maximum absolute atomic E-state index is 12.2. The summed E-state index contributed by atoms with van der Waals surface area (Å²) in [5, 5.41) is 3.00. The van der Waals surface area contributed by atoms with Crippen LogP contribution in [0.4, 0.5) is 0 Å². The first-order valence-corrected chi connectivity index (χ1v) is 8.94. The molecule has 23 heavy (non-hydrogen) atoms. The average Bonchev–Trinajstić information content (AvgIpc) is 2.53. The molecule has 1 N–H and O–H groups in total. The molecule has 2 aromatic carbocycles. The Bertz CT molecular complexity index is 670. The fourth-order valence-electron chi connectivity index (χ4n) is 2.39. The van der Waals surface area contributed by atoms with Crippen LogP contribution >= 0.6 is 22.6 Å². The van der Waals surface area contributed by atoms with Gasteiger partial charge in [0.25, 0.3) is 5.91 Å². The van der Waals surface area contributed by atoms with Gasteiger partial charge in [0.1, 0.15) is 5.75 Å². The normalized spacial score (nSPS) is 10.4. The summed E-state index contributed by atoms with van der Waals surface area (Å²) in [6, 6.07) is 13.9. The van der Waals surface area contributed by atoms with Crippen LogP contribution in [0.25, 0.3) is 0 Å². The van der Waals surface area contributed by atoms with E-state index in [1.807, 2.05) is 50.2 Å². The molecule has 0 aliphatic carbocycles. The number of ether oxygens (including phenoxy) is 1. The Morgan fingerprint density at radius 3 is 2.74 bits per heavy atom. The van der Waals surface area contributed by atoms with Crippen LogP contribution in [0.15, 0.2) is 42.5 Å². The van der Waals surface area contributed by atoms with Gasteiger partial charge in [-0.2, -0.15) is 0 Å². The monoisotopic (exact) mass is 423 g/mol. The summed E-state index contributed by atoms with van der Waals surface area (Å²) in [4.78, 5) is 12.2. The summed E-state index contributed by atoms with van der Waals surface area (Å²) in [7, 11) is 0. The highest BCUT2D eigenvalue weighted by Crippen LogP contribution is 2.19. The number of carbonyl (C=O) groups is 1. The molecule has 0 bridgehead atoms. The van der Waals surface area contributed by atoms with Gasteiger partial charge in [0.15, 0.2) is 0 Å². The number of amides is 1. The number of benzene rings is 2. The lowest BCUT2D eigenvalue weighted by molar-refractivity contribution is 0.0952. The van der Waals surface area contributed by atoms with Crippen molar-refractivity contribution in [1.29, 1.82) is 0 Å². The molecule has 0 aliphatic rings. The van der Waals surface area contributed by atoms with Gasteiger partial charge >= 0.3 is 0 Å². The lowest BCUT2D eigenvalue weighted by Crippen LogP contribution is -2.25. The highest BCUT2D eigenvalue weighted by molar-refractivity contribution is 14.1. The first-order valence-electron chi connectivity index (χ1n) is 7.87. The van der Waals surface area contributed by atoms with E-state index >= 15 is 0 Å². The topological polar surface area (TPSA) is 38.3 Å². The number of para-hydroxylation sites is 1. The zero-order chi connectivity index (χ0) is 16.7. The molecule has 0 aromatic heterocycles. The number of nitrogens with one attached hydrogen (secondary N) is 1. The van der Waals surface area contributed by atoms with Crippen molar-refractivity contribution < 1.29 is 9.53 Å². The Balaban J connectivity index is 1.84. The Kier molecular flexibility index (Phi) is 6.89. The van der Waals surface area contributed by atoms with Crippen LogP contribution in [0.1, 0.15) is 34.8 Å². The number of hydrogen-bond donors (Lipinski definition) is 1. The summed E-state index contributed by atoms with van der Waals surface area (Å²) < 4.78 is 6.61. The van der Waals surface area contributed by atoms with E-state index in [0.717, 1.165) is 27.7 Å². The minimum Gasteiger partial charge on any atom is -0.494 e. The highest BCUT2D eigenvalue weighted by Gasteiger charge is 2.09. The van der Waals surface area contributed by atoms with Crippen LogP contribution in [-0.2, 0) is 6.42 Å². The predicted molar refractivity (Wildman–Crippen MR) is 102 cm³/mol. The van der Waals surface area contributed by atoms with Gasteiger partial charge in [-0.3, -0.25) is 4.79 Å². The molecule has 0 radical (unpaired) electrons. The van der Waals surface area contributed by atoms with Crippen molar-refractivity contribution in [3.05, 3.63) is 62.7 Å². The number of hydrogen-bond acceptors (Lipinski definition) is 2. The van der Waals surface area contributed by atoms with E-state index in [2.05, 4.69) is 34.0 Å². The maximum Gasteiger partial charge on any atom is 0.252 e. The van der Waals surface area contributed by atoms with Crippen LogP contribution in [0.3, 0.4) is 0 Å². The van der Waals surface area contributed by atoms with Crippen LogP contribution in [0.5, 0.6) is 5.75 Å². The molecule has 3 nitrogen and oxygen atoms in total. The molecular formula is C19H22INO2. The van der Waals surface area contributed by atoms with Crippen LogP contribution < -0.4 is 10.1 Å². The summed E-state index contributed by atoms with van der Waals surface area (Å²) >= 11 is 2.21. The third kappa shape index (κ3) is 5.23. The second-order valence-corrected chi connectivity index (χ2v) is 6.55. The summed E-state index contributed by atoms with van der Waals surface area (Å²) in [6.45, 7) is 5.34. The van der Waals surface area contributed by atoms with E-state index in [1.165, 1.54) is 11.1 Å². The Labute approximate surface area is 151 Å². The molecule has 1 amide bonds. The third-order valence-electron chi connectivity index (χ3n) is 3.55. The molecule has 0 atom stereocenters. The Morgan fingerprint density at radius 2 is 2.00 bits per heavy atom. The molecule has 122 valence electrons. The van der Waals surface area contributed by atoms with E-state index in [0.29, 0.717) is 13.2 Å². The molecule has 2 rings (SSSR count). The van der Waals surface area contributed by atoms with Crippen molar-refractivity contribution in [2.45, 2.75) is 26.7 Å².